The number of hydrogen-bond donors (Lipinski definition) is 2. The first-order valence-corrected chi connectivity index (χ1v) is 4.19. The molecule has 4 heteroatoms. The van der Waals surface area contributed by atoms with E-state index >= 15 is 0 Å². The predicted octanol–water partition coefficient (Wildman–Crippen LogP) is 0.547. The Morgan fingerprint density at radius 3 is 2.75 bits per heavy atom. The minimum atomic E-state index is 0.351. The number of nitrogens with two attached hydrogens (primary N) is 2. The molecule has 0 aliphatic rings. The fraction of sp³-hybridized carbons (Fsp3) is 0.625. The van der Waals surface area contributed by atoms with E-state index in [0.717, 1.165) is 12.1 Å². The average molecular weight is 168 g/mol. The van der Waals surface area contributed by atoms with Gasteiger partial charge in [-0.25, -0.2) is 0 Å². The van der Waals surface area contributed by atoms with Crippen molar-refractivity contribution >= 4 is 5.82 Å². The van der Waals surface area contributed by atoms with Crippen LogP contribution in [-0.4, -0.2) is 16.3 Å². The molecule has 0 unspecified atom stereocenters. The summed E-state index contributed by atoms with van der Waals surface area (Å²) >= 11 is 0. The zero-order valence-electron chi connectivity index (χ0n) is 7.62. The van der Waals surface area contributed by atoms with Gasteiger partial charge in [-0.3, -0.25) is 4.68 Å². The summed E-state index contributed by atoms with van der Waals surface area (Å²) < 4.78 is 1.92. The van der Waals surface area contributed by atoms with E-state index in [0.29, 0.717) is 18.4 Å². The average Bonchev–Trinajstić information content (AvgIpc) is 2.32. The highest BCUT2D eigenvalue weighted by atomic mass is 15.3. The molecule has 0 saturated heterocycles. The van der Waals surface area contributed by atoms with Crippen molar-refractivity contribution < 1.29 is 0 Å². The molecule has 0 bridgehead atoms. The summed E-state index contributed by atoms with van der Waals surface area (Å²) in [7, 11) is 0. The summed E-state index contributed by atoms with van der Waals surface area (Å²) in [6, 6.07) is 2.23. The molecule has 1 aromatic heterocycles. The fourth-order valence-electron chi connectivity index (χ4n) is 1.24. The molecule has 0 aliphatic heterocycles. The van der Waals surface area contributed by atoms with Gasteiger partial charge in [0.2, 0.25) is 0 Å². The lowest BCUT2D eigenvalue weighted by Crippen LogP contribution is -2.11. The molecule has 1 rings (SSSR count). The van der Waals surface area contributed by atoms with Gasteiger partial charge in [0, 0.05) is 24.2 Å². The largest absolute Gasteiger partial charge is 0.382 e. The summed E-state index contributed by atoms with van der Waals surface area (Å²) in [6.07, 6.45) is 0.836. The maximum Gasteiger partial charge on any atom is 0.145 e. The van der Waals surface area contributed by atoms with Crippen molar-refractivity contribution in [2.45, 2.75) is 26.3 Å². The Morgan fingerprint density at radius 1 is 1.58 bits per heavy atom. The van der Waals surface area contributed by atoms with E-state index in [4.69, 9.17) is 11.5 Å². The second kappa shape index (κ2) is 3.58. The van der Waals surface area contributed by atoms with Crippen molar-refractivity contribution in [1.29, 1.82) is 0 Å². The topological polar surface area (TPSA) is 69.9 Å². The van der Waals surface area contributed by atoms with Gasteiger partial charge in [0.25, 0.3) is 0 Å². The molecular weight excluding hydrogens is 152 g/mol. The zero-order valence-corrected chi connectivity index (χ0v) is 7.62. The first-order chi connectivity index (χ1) is 5.65. The zero-order chi connectivity index (χ0) is 9.14. The Bertz CT molecular complexity index is 252. The summed E-state index contributed by atoms with van der Waals surface area (Å²) in [5.41, 5.74) is 12.1. The first-order valence-electron chi connectivity index (χ1n) is 4.19. The van der Waals surface area contributed by atoms with Crippen molar-refractivity contribution in [3.8, 4) is 0 Å². The van der Waals surface area contributed by atoms with E-state index in [1.165, 1.54) is 0 Å². The summed E-state index contributed by atoms with van der Waals surface area (Å²) in [5.74, 6) is 0.576. The van der Waals surface area contributed by atoms with E-state index in [1.807, 2.05) is 10.7 Å². The van der Waals surface area contributed by atoms with E-state index in [1.54, 1.807) is 0 Å². The standard InChI is InChI=1S/C8H16N4/c1-6(2)12-7(3-4-9)5-8(10)11-12/h5-6H,3-4,9H2,1-2H3,(H2,10,11). The predicted molar refractivity (Wildman–Crippen MR) is 49.8 cm³/mol. The van der Waals surface area contributed by atoms with E-state index in [2.05, 4.69) is 18.9 Å². The lowest BCUT2D eigenvalue weighted by atomic mass is 10.3. The number of hydrogen-bond acceptors (Lipinski definition) is 3. The SMILES string of the molecule is CC(C)n1nc(N)cc1CCN. The molecule has 1 heterocycles. The van der Waals surface area contributed by atoms with Gasteiger partial charge in [-0.2, -0.15) is 5.10 Å². The molecule has 4 nitrogen and oxygen atoms in total. The van der Waals surface area contributed by atoms with Crippen molar-refractivity contribution in [3.63, 3.8) is 0 Å². The normalized spacial score (nSPS) is 11.0. The van der Waals surface area contributed by atoms with Gasteiger partial charge in [-0.1, -0.05) is 0 Å². The van der Waals surface area contributed by atoms with Gasteiger partial charge < -0.3 is 11.5 Å². The van der Waals surface area contributed by atoms with Gasteiger partial charge in [-0.05, 0) is 20.4 Å². The summed E-state index contributed by atoms with van der Waals surface area (Å²) in [4.78, 5) is 0. The summed E-state index contributed by atoms with van der Waals surface area (Å²) in [5, 5.41) is 4.17. The third kappa shape index (κ3) is 1.76. The molecule has 68 valence electrons. The first kappa shape index (κ1) is 9.06. The van der Waals surface area contributed by atoms with Crippen LogP contribution in [0.5, 0.6) is 0 Å². The maximum absolute atomic E-state index is 5.57. The van der Waals surface area contributed by atoms with Crippen molar-refractivity contribution in [3.05, 3.63) is 11.8 Å². The Morgan fingerprint density at radius 2 is 2.25 bits per heavy atom. The molecule has 4 N–H and O–H groups in total. The van der Waals surface area contributed by atoms with E-state index < -0.39 is 0 Å². The molecular formula is C8H16N4. The van der Waals surface area contributed by atoms with Crippen LogP contribution in [0.25, 0.3) is 0 Å². The van der Waals surface area contributed by atoms with Gasteiger partial charge in [0.15, 0.2) is 0 Å². The number of aromatic nitrogens is 2. The lowest BCUT2D eigenvalue weighted by Gasteiger charge is -2.09. The third-order valence-corrected chi connectivity index (χ3v) is 1.72. The van der Waals surface area contributed by atoms with Gasteiger partial charge in [-0.15, -0.1) is 0 Å². The van der Waals surface area contributed by atoms with Crippen LogP contribution in [-0.2, 0) is 6.42 Å². The van der Waals surface area contributed by atoms with Crippen LogP contribution in [0, 0.1) is 0 Å². The Balaban J connectivity index is 2.92. The Labute approximate surface area is 72.5 Å². The number of nitrogen functional groups attached to an aromatic ring is 1. The van der Waals surface area contributed by atoms with E-state index in [-0.39, 0.29) is 0 Å². The molecule has 0 amide bonds. The van der Waals surface area contributed by atoms with Crippen LogP contribution in [0.4, 0.5) is 5.82 Å². The number of anilines is 1. The second-order valence-corrected chi connectivity index (χ2v) is 3.14. The van der Waals surface area contributed by atoms with Gasteiger partial charge in [0.05, 0.1) is 0 Å². The molecule has 12 heavy (non-hydrogen) atoms. The molecule has 0 aliphatic carbocycles. The number of nitrogens with zero attached hydrogens (tertiary/aromatic N) is 2. The van der Waals surface area contributed by atoms with Crippen LogP contribution < -0.4 is 11.5 Å². The van der Waals surface area contributed by atoms with Crippen LogP contribution >= 0.6 is 0 Å². The quantitative estimate of drug-likeness (QED) is 0.692. The van der Waals surface area contributed by atoms with E-state index in [9.17, 15) is 0 Å². The van der Waals surface area contributed by atoms with Crippen molar-refractivity contribution in [1.82, 2.24) is 9.78 Å². The Hall–Kier alpha value is -1.03. The smallest absolute Gasteiger partial charge is 0.145 e. The van der Waals surface area contributed by atoms with Gasteiger partial charge >= 0.3 is 0 Å². The maximum atomic E-state index is 5.57. The molecule has 0 spiro atoms. The summed E-state index contributed by atoms with van der Waals surface area (Å²) in [6.45, 7) is 4.79. The highest BCUT2D eigenvalue weighted by Crippen LogP contribution is 2.12. The fourth-order valence-corrected chi connectivity index (χ4v) is 1.24. The third-order valence-electron chi connectivity index (χ3n) is 1.72. The van der Waals surface area contributed by atoms with Crippen LogP contribution in [0.15, 0.2) is 6.07 Å². The van der Waals surface area contributed by atoms with Crippen molar-refractivity contribution in [2.75, 3.05) is 12.3 Å². The molecule has 0 saturated carbocycles. The highest BCUT2D eigenvalue weighted by Gasteiger charge is 2.07. The second-order valence-electron chi connectivity index (χ2n) is 3.14. The van der Waals surface area contributed by atoms with Gasteiger partial charge in [0.1, 0.15) is 5.82 Å². The minimum absolute atomic E-state index is 0.351. The highest BCUT2D eigenvalue weighted by molar-refractivity contribution is 5.29. The minimum Gasteiger partial charge on any atom is -0.382 e. The lowest BCUT2D eigenvalue weighted by molar-refractivity contribution is 0.511. The molecule has 1 aromatic rings. The molecule has 0 atom stereocenters. The molecule has 0 aromatic carbocycles. The molecule has 0 fully saturated rings. The van der Waals surface area contributed by atoms with Crippen molar-refractivity contribution in [2.24, 2.45) is 5.73 Å². The van der Waals surface area contributed by atoms with Crippen LogP contribution in [0.2, 0.25) is 0 Å². The molecule has 0 radical (unpaired) electrons. The monoisotopic (exact) mass is 168 g/mol. The van der Waals surface area contributed by atoms with Crippen LogP contribution in [0.1, 0.15) is 25.6 Å². The Kier molecular flexibility index (Phi) is 2.70. The van der Waals surface area contributed by atoms with Crippen LogP contribution in [0.3, 0.4) is 0 Å². The number of rotatable bonds is 3.